The Hall–Kier alpha value is -3.21. The molecule has 0 N–H and O–H groups in total. The van der Waals surface area contributed by atoms with Crippen molar-refractivity contribution >= 4 is 5.91 Å². The largest absolute Gasteiger partial charge is 0.496 e. The van der Waals surface area contributed by atoms with Crippen molar-refractivity contribution in [3.63, 3.8) is 0 Å². The normalized spacial score (nSPS) is 11.3. The molecule has 5 heteroatoms. The molecule has 0 aliphatic rings. The summed E-state index contributed by atoms with van der Waals surface area (Å²) in [7, 11) is 1.59. The molecule has 2 aromatic carbocycles. The predicted octanol–water partition coefficient (Wildman–Crippen LogP) is 2.55. The van der Waals surface area contributed by atoms with Gasteiger partial charge in [-0.15, -0.1) is 0 Å². The lowest BCUT2D eigenvalue weighted by Crippen LogP contribution is -2.12. The van der Waals surface area contributed by atoms with Crippen LogP contribution in [0.2, 0.25) is 0 Å². The average molecular weight is 319 g/mol. The number of carbonyl (C=O) groups excluding carboxylic acids is 1. The van der Waals surface area contributed by atoms with Crippen LogP contribution in [0.5, 0.6) is 5.75 Å². The highest BCUT2D eigenvalue weighted by Crippen LogP contribution is 2.17. The van der Waals surface area contributed by atoms with E-state index in [0.29, 0.717) is 11.1 Å². The third-order valence-electron chi connectivity index (χ3n) is 3.51. The molecule has 0 aliphatic carbocycles. The lowest BCUT2D eigenvalue weighted by molar-refractivity contribution is -0.117. The van der Waals surface area contributed by atoms with E-state index in [4.69, 9.17) is 4.74 Å². The topological polar surface area (TPSA) is 56.5 Å². The zero-order valence-corrected chi connectivity index (χ0v) is 13.3. The SMILES string of the molecule is COc1ccccc1CC(=O)N=c1ccn(-c2ccccc2)nc1. The molecular formula is C19H17N3O2. The lowest BCUT2D eigenvalue weighted by atomic mass is 10.1. The van der Waals surface area contributed by atoms with E-state index in [9.17, 15) is 4.79 Å². The van der Waals surface area contributed by atoms with Gasteiger partial charge in [-0.1, -0.05) is 36.4 Å². The molecule has 1 amide bonds. The van der Waals surface area contributed by atoms with E-state index in [0.717, 1.165) is 11.3 Å². The van der Waals surface area contributed by atoms with E-state index in [1.807, 2.05) is 54.6 Å². The number of hydrogen-bond acceptors (Lipinski definition) is 3. The van der Waals surface area contributed by atoms with Gasteiger partial charge in [-0.3, -0.25) is 4.79 Å². The number of nitrogens with zero attached hydrogens (tertiary/aromatic N) is 3. The van der Waals surface area contributed by atoms with Gasteiger partial charge in [0.05, 0.1) is 30.8 Å². The van der Waals surface area contributed by atoms with Crippen molar-refractivity contribution in [3.8, 4) is 11.4 Å². The Bertz CT molecular complexity index is 881. The maximum atomic E-state index is 12.1. The Labute approximate surface area is 139 Å². The van der Waals surface area contributed by atoms with Crippen LogP contribution in [0.3, 0.4) is 0 Å². The van der Waals surface area contributed by atoms with Gasteiger partial charge in [0, 0.05) is 11.8 Å². The van der Waals surface area contributed by atoms with Crippen LogP contribution in [-0.4, -0.2) is 22.8 Å². The molecule has 3 aromatic rings. The maximum absolute atomic E-state index is 12.1. The third kappa shape index (κ3) is 3.76. The number of hydrogen-bond donors (Lipinski definition) is 0. The first-order valence-electron chi connectivity index (χ1n) is 7.56. The standard InChI is InChI=1S/C19H17N3O2/c1-24-18-10-6-5-7-15(18)13-19(23)21-16-11-12-22(20-14-16)17-8-3-2-4-9-17/h2-12,14H,13H2,1H3. The van der Waals surface area contributed by atoms with Gasteiger partial charge in [-0.25, -0.2) is 9.67 Å². The van der Waals surface area contributed by atoms with Crippen LogP contribution in [0.15, 0.2) is 78.0 Å². The molecule has 0 saturated heterocycles. The molecule has 0 unspecified atom stereocenters. The number of rotatable bonds is 4. The Kier molecular flexibility index (Phi) is 4.81. The lowest BCUT2D eigenvalue weighted by Gasteiger charge is -2.05. The van der Waals surface area contributed by atoms with Gasteiger partial charge in [-0.05, 0) is 24.3 Å². The van der Waals surface area contributed by atoms with Crippen molar-refractivity contribution in [2.75, 3.05) is 7.11 Å². The van der Waals surface area contributed by atoms with E-state index in [-0.39, 0.29) is 12.3 Å². The molecule has 3 rings (SSSR count). The van der Waals surface area contributed by atoms with E-state index in [1.165, 1.54) is 0 Å². The molecular weight excluding hydrogens is 302 g/mol. The molecule has 24 heavy (non-hydrogen) atoms. The summed E-state index contributed by atoms with van der Waals surface area (Å²) in [5.74, 6) is 0.452. The van der Waals surface area contributed by atoms with Gasteiger partial charge in [-0.2, -0.15) is 5.10 Å². The van der Waals surface area contributed by atoms with Crippen molar-refractivity contribution in [2.24, 2.45) is 4.99 Å². The van der Waals surface area contributed by atoms with Gasteiger partial charge in [0.15, 0.2) is 0 Å². The van der Waals surface area contributed by atoms with E-state index < -0.39 is 0 Å². The first-order valence-corrected chi connectivity index (χ1v) is 7.56. The average Bonchev–Trinajstić information content (AvgIpc) is 2.63. The molecule has 1 aromatic heterocycles. The fourth-order valence-corrected chi connectivity index (χ4v) is 2.34. The quantitative estimate of drug-likeness (QED) is 0.742. The van der Waals surface area contributed by atoms with E-state index in [2.05, 4.69) is 10.1 Å². The highest BCUT2D eigenvalue weighted by Gasteiger charge is 2.06. The second-order valence-corrected chi connectivity index (χ2v) is 5.16. The van der Waals surface area contributed by atoms with Gasteiger partial charge >= 0.3 is 0 Å². The highest BCUT2D eigenvalue weighted by molar-refractivity contribution is 5.80. The van der Waals surface area contributed by atoms with Crippen LogP contribution < -0.4 is 10.1 Å². The summed E-state index contributed by atoms with van der Waals surface area (Å²) in [4.78, 5) is 16.2. The first-order chi connectivity index (χ1) is 11.8. The van der Waals surface area contributed by atoms with Crippen LogP contribution in [-0.2, 0) is 11.2 Å². The van der Waals surface area contributed by atoms with E-state index >= 15 is 0 Å². The van der Waals surface area contributed by atoms with Crippen molar-refractivity contribution < 1.29 is 9.53 Å². The highest BCUT2D eigenvalue weighted by atomic mass is 16.5. The maximum Gasteiger partial charge on any atom is 0.250 e. The number of ether oxygens (including phenoxy) is 1. The summed E-state index contributed by atoms with van der Waals surface area (Å²) in [5, 5.41) is 4.82. The van der Waals surface area contributed by atoms with E-state index in [1.54, 1.807) is 30.3 Å². The van der Waals surface area contributed by atoms with Gasteiger partial charge < -0.3 is 4.74 Å². The summed E-state index contributed by atoms with van der Waals surface area (Å²) >= 11 is 0. The van der Waals surface area contributed by atoms with Crippen LogP contribution >= 0.6 is 0 Å². The van der Waals surface area contributed by atoms with Gasteiger partial charge in [0.25, 0.3) is 5.91 Å². The molecule has 5 nitrogen and oxygen atoms in total. The van der Waals surface area contributed by atoms with Crippen molar-refractivity contribution in [1.29, 1.82) is 0 Å². The van der Waals surface area contributed by atoms with Crippen LogP contribution in [0, 0.1) is 0 Å². The number of para-hydroxylation sites is 2. The van der Waals surface area contributed by atoms with Crippen molar-refractivity contribution in [1.82, 2.24) is 9.78 Å². The first kappa shape index (κ1) is 15.7. The van der Waals surface area contributed by atoms with Gasteiger partial charge in [0.2, 0.25) is 0 Å². The number of carbonyl (C=O) groups is 1. The number of aromatic nitrogens is 2. The minimum atomic E-state index is -0.237. The van der Waals surface area contributed by atoms with Crippen molar-refractivity contribution in [2.45, 2.75) is 6.42 Å². The predicted molar refractivity (Wildman–Crippen MR) is 90.8 cm³/mol. The molecule has 0 fully saturated rings. The second kappa shape index (κ2) is 7.37. The Morgan fingerprint density at radius 3 is 2.54 bits per heavy atom. The fourth-order valence-electron chi connectivity index (χ4n) is 2.34. The van der Waals surface area contributed by atoms with Crippen LogP contribution in [0.1, 0.15) is 5.56 Å². The molecule has 0 atom stereocenters. The summed E-state index contributed by atoms with van der Waals surface area (Å²) in [6.45, 7) is 0. The molecule has 1 heterocycles. The monoisotopic (exact) mass is 319 g/mol. The Morgan fingerprint density at radius 1 is 1.08 bits per heavy atom. The van der Waals surface area contributed by atoms with Crippen molar-refractivity contribution in [3.05, 3.63) is 84.0 Å². The molecule has 120 valence electrons. The number of amides is 1. The second-order valence-electron chi connectivity index (χ2n) is 5.16. The Balaban J connectivity index is 1.77. The molecule has 0 aliphatic heterocycles. The minimum Gasteiger partial charge on any atom is -0.496 e. The molecule has 0 spiro atoms. The summed E-state index contributed by atoms with van der Waals surface area (Å²) in [6.07, 6.45) is 3.55. The van der Waals surface area contributed by atoms with Crippen LogP contribution in [0.4, 0.5) is 0 Å². The number of methoxy groups -OCH3 is 1. The van der Waals surface area contributed by atoms with Crippen LogP contribution in [0.25, 0.3) is 5.69 Å². The Morgan fingerprint density at radius 2 is 1.83 bits per heavy atom. The molecule has 0 saturated carbocycles. The fraction of sp³-hybridized carbons (Fsp3) is 0.105. The minimum absolute atomic E-state index is 0.192. The molecule has 0 radical (unpaired) electrons. The third-order valence-corrected chi connectivity index (χ3v) is 3.51. The summed E-state index contributed by atoms with van der Waals surface area (Å²) in [6, 6.07) is 18.9. The van der Waals surface area contributed by atoms with Gasteiger partial charge in [0.1, 0.15) is 5.75 Å². The zero-order chi connectivity index (χ0) is 16.8. The smallest absolute Gasteiger partial charge is 0.250 e. The molecule has 0 bridgehead atoms. The zero-order valence-electron chi connectivity index (χ0n) is 13.3. The number of benzene rings is 2. The summed E-state index contributed by atoms with van der Waals surface area (Å²) in [5.41, 5.74) is 1.77. The summed E-state index contributed by atoms with van der Waals surface area (Å²) < 4.78 is 6.98.